The summed E-state index contributed by atoms with van der Waals surface area (Å²) in [4.78, 5) is 9.89. The molecule has 0 aliphatic rings. The number of hydrogen-bond donors (Lipinski definition) is 3. The van der Waals surface area contributed by atoms with Crippen molar-refractivity contribution >= 4 is 5.91 Å². The highest BCUT2D eigenvalue weighted by atomic mass is 16.3. The van der Waals surface area contributed by atoms with Crippen molar-refractivity contribution in [1.82, 2.24) is 0 Å². The summed E-state index contributed by atoms with van der Waals surface area (Å²) in [7, 11) is 0. The van der Waals surface area contributed by atoms with Gasteiger partial charge in [-0.2, -0.15) is 0 Å². The third-order valence-electron chi connectivity index (χ3n) is 0.904. The van der Waals surface area contributed by atoms with Gasteiger partial charge >= 0.3 is 0 Å². The van der Waals surface area contributed by atoms with Gasteiger partial charge in [-0.3, -0.25) is 4.79 Å². The fourth-order valence-corrected chi connectivity index (χ4v) is 0.0779. The molecule has 1 amide bonds. The molecule has 0 radical (unpaired) electrons. The third kappa shape index (κ3) is 11.9. The van der Waals surface area contributed by atoms with Crippen LogP contribution in [0.4, 0.5) is 0 Å². The summed E-state index contributed by atoms with van der Waals surface area (Å²) in [5.41, 5.74) is 4.69. The maximum Gasteiger partial charge on any atom is 0.246 e. The van der Waals surface area contributed by atoms with Crippen molar-refractivity contribution in [2.45, 2.75) is 13.8 Å². The third-order valence-corrected chi connectivity index (χ3v) is 0.904. The number of nitrogens with two attached hydrogens (primary N) is 1. The van der Waals surface area contributed by atoms with Crippen LogP contribution in [-0.4, -0.2) is 29.3 Å². The van der Waals surface area contributed by atoms with Gasteiger partial charge < -0.3 is 15.9 Å². The van der Waals surface area contributed by atoms with E-state index in [0.29, 0.717) is 12.5 Å². The van der Waals surface area contributed by atoms with Crippen LogP contribution < -0.4 is 5.73 Å². The Hall–Kier alpha value is -0.870. The van der Waals surface area contributed by atoms with Crippen LogP contribution in [0.25, 0.3) is 0 Å². The van der Waals surface area contributed by atoms with Crippen LogP contribution in [0, 0.1) is 5.92 Å². The van der Waals surface area contributed by atoms with Gasteiger partial charge in [0.05, 0.1) is 6.61 Å². The van der Waals surface area contributed by atoms with E-state index in [1.54, 1.807) is 0 Å². The second-order valence-electron chi connectivity index (χ2n) is 2.70. The van der Waals surface area contributed by atoms with Crippen molar-refractivity contribution in [2.24, 2.45) is 11.7 Å². The Morgan fingerprint density at radius 1 is 1.50 bits per heavy atom. The molecule has 0 saturated carbocycles. The smallest absolute Gasteiger partial charge is 0.246 e. The van der Waals surface area contributed by atoms with Crippen molar-refractivity contribution < 1.29 is 15.0 Å². The Bertz CT molecular complexity index is 143. The molecule has 4 heteroatoms. The predicted molar refractivity (Wildman–Crippen MR) is 47.3 cm³/mol. The van der Waals surface area contributed by atoms with Crippen LogP contribution in [0.3, 0.4) is 0 Å². The van der Waals surface area contributed by atoms with E-state index in [1.165, 1.54) is 0 Å². The molecule has 0 heterocycles. The summed E-state index contributed by atoms with van der Waals surface area (Å²) in [6.07, 6.45) is 0. The van der Waals surface area contributed by atoms with E-state index in [2.05, 4.69) is 12.3 Å². The first-order valence-corrected chi connectivity index (χ1v) is 3.65. The maximum atomic E-state index is 9.89. The Kier molecular flexibility index (Phi) is 9.40. The number of hydrogen-bond acceptors (Lipinski definition) is 3. The zero-order chi connectivity index (χ0) is 10.1. The van der Waals surface area contributed by atoms with Crippen LogP contribution in [-0.2, 0) is 4.79 Å². The van der Waals surface area contributed by atoms with Crippen LogP contribution >= 0.6 is 0 Å². The van der Waals surface area contributed by atoms with Gasteiger partial charge in [-0.15, -0.1) is 0 Å². The van der Waals surface area contributed by atoms with Gasteiger partial charge in [0, 0.05) is 12.2 Å². The number of carbonyl (C=O) groups is 1. The van der Waals surface area contributed by atoms with Crippen LogP contribution in [0.1, 0.15) is 13.8 Å². The minimum atomic E-state index is -0.650. The molecule has 0 fully saturated rings. The zero-order valence-electron chi connectivity index (χ0n) is 7.58. The van der Waals surface area contributed by atoms with E-state index < -0.39 is 5.91 Å². The van der Waals surface area contributed by atoms with Gasteiger partial charge in [-0.1, -0.05) is 20.4 Å². The summed E-state index contributed by atoms with van der Waals surface area (Å²) >= 11 is 0. The lowest BCUT2D eigenvalue weighted by molar-refractivity contribution is -0.114. The molecular formula is C8H17NO3. The van der Waals surface area contributed by atoms with E-state index in [9.17, 15) is 4.79 Å². The molecule has 0 atom stereocenters. The first kappa shape index (κ1) is 13.7. The summed E-state index contributed by atoms with van der Waals surface area (Å²) < 4.78 is 0. The van der Waals surface area contributed by atoms with Crippen molar-refractivity contribution in [3.8, 4) is 0 Å². The molecule has 4 nitrogen and oxygen atoms in total. The lowest BCUT2D eigenvalue weighted by atomic mass is 10.2. The van der Waals surface area contributed by atoms with Crippen LogP contribution in [0.5, 0.6) is 0 Å². The molecule has 0 aliphatic heterocycles. The van der Waals surface area contributed by atoms with E-state index >= 15 is 0 Å². The molecule has 0 spiro atoms. The van der Waals surface area contributed by atoms with Gasteiger partial charge in [0.2, 0.25) is 5.91 Å². The van der Waals surface area contributed by atoms with Crippen LogP contribution in [0.2, 0.25) is 0 Å². The first-order chi connectivity index (χ1) is 5.45. The second kappa shape index (κ2) is 8.23. The quantitative estimate of drug-likeness (QED) is 0.513. The average molecular weight is 175 g/mol. The minimum Gasteiger partial charge on any atom is -0.396 e. The standard InChI is InChI=1S/C4H7NO2.C4H10O/c1-3(2-6)4(5)7;1-4(2)3-5/h6H,1-2H2,(H2,5,7);4-5H,3H2,1-2H3. The Morgan fingerprint density at radius 2 is 1.83 bits per heavy atom. The van der Waals surface area contributed by atoms with Crippen molar-refractivity contribution in [2.75, 3.05) is 13.2 Å². The van der Waals surface area contributed by atoms with E-state index in [0.717, 1.165) is 0 Å². The molecule has 0 aromatic rings. The lowest BCUT2D eigenvalue weighted by Crippen LogP contribution is -2.14. The topological polar surface area (TPSA) is 83.5 Å². The number of primary amides is 1. The Labute approximate surface area is 72.7 Å². The molecular weight excluding hydrogens is 158 g/mol. The largest absolute Gasteiger partial charge is 0.396 e. The number of amides is 1. The maximum absolute atomic E-state index is 9.89. The fourth-order valence-electron chi connectivity index (χ4n) is 0.0779. The van der Waals surface area contributed by atoms with Gasteiger partial charge in [0.25, 0.3) is 0 Å². The molecule has 72 valence electrons. The highest BCUT2D eigenvalue weighted by Crippen LogP contribution is 1.83. The SMILES string of the molecule is C=C(CO)C(N)=O.CC(C)CO. The minimum absolute atomic E-state index is 0.0417. The second-order valence-corrected chi connectivity index (χ2v) is 2.70. The normalized spacial score (nSPS) is 8.75. The van der Waals surface area contributed by atoms with Crippen molar-refractivity contribution in [3.05, 3.63) is 12.2 Å². The molecule has 12 heavy (non-hydrogen) atoms. The summed E-state index contributed by atoms with van der Waals surface area (Å²) in [5, 5.41) is 16.2. The van der Waals surface area contributed by atoms with Gasteiger partial charge in [0.15, 0.2) is 0 Å². The van der Waals surface area contributed by atoms with Crippen LogP contribution in [0.15, 0.2) is 12.2 Å². The fraction of sp³-hybridized carbons (Fsp3) is 0.625. The van der Waals surface area contributed by atoms with Gasteiger partial charge in [-0.05, 0) is 5.92 Å². The molecule has 4 N–H and O–H groups in total. The first-order valence-electron chi connectivity index (χ1n) is 3.65. The molecule has 0 aromatic carbocycles. The predicted octanol–water partition coefficient (Wildman–Crippen LogP) is -0.345. The Morgan fingerprint density at radius 3 is 1.83 bits per heavy atom. The highest BCUT2D eigenvalue weighted by molar-refractivity contribution is 5.91. The molecule has 0 saturated heterocycles. The zero-order valence-corrected chi connectivity index (χ0v) is 7.58. The van der Waals surface area contributed by atoms with E-state index in [-0.39, 0.29) is 12.2 Å². The molecule has 0 aromatic heterocycles. The lowest BCUT2D eigenvalue weighted by Gasteiger charge is -1.90. The average Bonchev–Trinajstić information content (AvgIpc) is 2.04. The number of aliphatic hydroxyl groups is 2. The Balaban J connectivity index is 0. The van der Waals surface area contributed by atoms with E-state index in [4.69, 9.17) is 10.2 Å². The monoisotopic (exact) mass is 175 g/mol. The molecule has 0 unspecified atom stereocenters. The number of aliphatic hydroxyl groups excluding tert-OH is 2. The highest BCUT2D eigenvalue weighted by Gasteiger charge is 1.94. The van der Waals surface area contributed by atoms with Crippen molar-refractivity contribution in [3.63, 3.8) is 0 Å². The summed E-state index contributed by atoms with van der Waals surface area (Å²) in [6, 6.07) is 0. The number of carbonyl (C=O) groups excluding carboxylic acids is 1. The number of rotatable bonds is 3. The molecule has 0 rings (SSSR count). The van der Waals surface area contributed by atoms with Gasteiger partial charge in [0.1, 0.15) is 0 Å². The van der Waals surface area contributed by atoms with Gasteiger partial charge in [-0.25, -0.2) is 0 Å². The molecule has 0 bridgehead atoms. The summed E-state index contributed by atoms with van der Waals surface area (Å²) in [6.45, 7) is 7.05. The summed E-state index contributed by atoms with van der Waals surface area (Å²) in [5.74, 6) is -0.211. The van der Waals surface area contributed by atoms with Crippen molar-refractivity contribution in [1.29, 1.82) is 0 Å². The molecule has 0 aliphatic carbocycles. The van der Waals surface area contributed by atoms with E-state index in [1.807, 2.05) is 13.8 Å².